The first kappa shape index (κ1) is 15.3. The Hall–Kier alpha value is -2.08. The molecule has 0 saturated heterocycles. The van der Waals surface area contributed by atoms with E-state index in [-0.39, 0.29) is 5.91 Å². The topological polar surface area (TPSA) is 46.3 Å². The molecule has 0 atom stereocenters. The molecule has 0 aliphatic carbocycles. The van der Waals surface area contributed by atoms with E-state index < -0.39 is 11.6 Å². The first-order valence-electron chi connectivity index (χ1n) is 6.12. The number of carbonyl (C=O) groups excluding carboxylic acids is 1. The molecule has 2 rings (SSSR count). The summed E-state index contributed by atoms with van der Waals surface area (Å²) in [7, 11) is 3.31. The maximum absolute atomic E-state index is 13.2. The summed E-state index contributed by atoms with van der Waals surface area (Å²) in [6.07, 6.45) is 0. The van der Waals surface area contributed by atoms with Crippen molar-refractivity contribution in [1.29, 1.82) is 0 Å². The molecule has 0 spiro atoms. The molecule has 0 aliphatic rings. The molecular formula is C15H14F2N2OS. The van der Waals surface area contributed by atoms with Crippen LogP contribution in [0.25, 0.3) is 0 Å². The van der Waals surface area contributed by atoms with Crippen LogP contribution in [0.1, 0.15) is 10.4 Å². The fourth-order valence-corrected chi connectivity index (χ4v) is 2.61. The van der Waals surface area contributed by atoms with E-state index in [2.05, 4.69) is 0 Å². The van der Waals surface area contributed by atoms with Crippen LogP contribution in [0.2, 0.25) is 0 Å². The van der Waals surface area contributed by atoms with Crippen LogP contribution in [0.3, 0.4) is 0 Å². The molecule has 110 valence electrons. The van der Waals surface area contributed by atoms with Gasteiger partial charge in [0.1, 0.15) is 0 Å². The summed E-state index contributed by atoms with van der Waals surface area (Å²) in [5.41, 5.74) is 6.83. The van der Waals surface area contributed by atoms with Crippen LogP contribution in [0, 0.1) is 11.6 Å². The van der Waals surface area contributed by atoms with E-state index in [1.54, 1.807) is 32.3 Å². The molecule has 0 aromatic heterocycles. The number of nitrogens with zero attached hydrogens (tertiary/aromatic N) is 1. The van der Waals surface area contributed by atoms with Gasteiger partial charge < -0.3 is 10.6 Å². The van der Waals surface area contributed by atoms with E-state index in [9.17, 15) is 13.6 Å². The summed E-state index contributed by atoms with van der Waals surface area (Å²) in [5.74, 6) is -1.97. The fraction of sp³-hybridized carbons (Fsp3) is 0.133. The Morgan fingerprint density at radius 1 is 1.10 bits per heavy atom. The Morgan fingerprint density at radius 2 is 1.81 bits per heavy atom. The second-order valence-corrected chi connectivity index (χ2v) is 5.75. The van der Waals surface area contributed by atoms with E-state index in [1.165, 1.54) is 22.7 Å². The minimum atomic E-state index is -0.918. The number of halogens is 2. The molecule has 2 N–H and O–H groups in total. The Bertz CT molecular complexity index is 689. The van der Waals surface area contributed by atoms with Gasteiger partial charge >= 0.3 is 0 Å². The van der Waals surface area contributed by atoms with Crippen LogP contribution < -0.4 is 5.73 Å². The summed E-state index contributed by atoms with van der Waals surface area (Å²) in [5, 5.41) is 0. The molecule has 6 heteroatoms. The normalized spacial score (nSPS) is 10.5. The Labute approximate surface area is 125 Å². The molecule has 2 aromatic rings. The highest BCUT2D eigenvalue weighted by Crippen LogP contribution is 2.33. The first-order chi connectivity index (χ1) is 9.88. The van der Waals surface area contributed by atoms with Gasteiger partial charge in [0.05, 0.1) is 0 Å². The smallest absolute Gasteiger partial charge is 0.253 e. The average molecular weight is 308 g/mol. The predicted octanol–water partition coefficient (Wildman–Crippen LogP) is 3.40. The summed E-state index contributed by atoms with van der Waals surface area (Å²) < 4.78 is 26.1. The second-order valence-electron chi connectivity index (χ2n) is 4.63. The maximum atomic E-state index is 13.2. The number of rotatable bonds is 3. The number of hydrogen-bond acceptors (Lipinski definition) is 3. The quantitative estimate of drug-likeness (QED) is 0.884. The monoisotopic (exact) mass is 308 g/mol. The van der Waals surface area contributed by atoms with Crippen LogP contribution >= 0.6 is 11.8 Å². The van der Waals surface area contributed by atoms with Gasteiger partial charge in [-0.2, -0.15) is 0 Å². The van der Waals surface area contributed by atoms with Crippen LogP contribution in [-0.2, 0) is 0 Å². The van der Waals surface area contributed by atoms with E-state index in [0.717, 1.165) is 12.1 Å². The van der Waals surface area contributed by atoms with E-state index >= 15 is 0 Å². The van der Waals surface area contributed by atoms with Crippen LogP contribution in [0.15, 0.2) is 46.2 Å². The van der Waals surface area contributed by atoms with E-state index in [4.69, 9.17) is 5.73 Å². The van der Waals surface area contributed by atoms with E-state index in [1.807, 2.05) is 0 Å². The maximum Gasteiger partial charge on any atom is 0.253 e. The summed E-state index contributed by atoms with van der Waals surface area (Å²) in [4.78, 5) is 14.5. The van der Waals surface area contributed by atoms with Crippen molar-refractivity contribution in [2.75, 3.05) is 19.8 Å². The van der Waals surface area contributed by atoms with Crippen molar-refractivity contribution in [3.8, 4) is 0 Å². The summed E-state index contributed by atoms with van der Waals surface area (Å²) in [6, 6.07) is 8.51. The molecule has 1 amide bonds. The first-order valence-corrected chi connectivity index (χ1v) is 6.94. The zero-order valence-corrected chi connectivity index (χ0v) is 12.4. The lowest BCUT2D eigenvalue weighted by atomic mass is 10.2. The fourth-order valence-electron chi connectivity index (χ4n) is 1.68. The highest BCUT2D eigenvalue weighted by molar-refractivity contribution is 7.99. The molecule has 0 aliphatic heterocycles. The van der Waals surface area contributed by atoms with E-state index in [0.29, 0.717) is 21.0 Å². The third-order valence-electron chi connectivity index (χ3n) is 2.79. The van der Waals surface area contributed by atoms with Gasteiger partial charge in [0.15, 0.2) is 11.6 Å². The van der Waals surface area contributed by atoms with Crippen molar-refractivity contribution >= 4 is 23.4 Å². The van der Waals surface area contributed by atoms with Gasteiger partial charge in [0.2, 0.25) is 0 Å². The van der Waals surface area contributed by atoms with Gasteiger partial charge in [-0.1, -0.05) is 11.8 Å². The zero-order valence-electron chi connectivity index (χ0n) is 11.6. The number of benzene rings is 2. The van der Waals surface area contributed by atoms with Crippen molar-refractivity contribution in [2.24, 2.45) is 0 Å². The largest absolute Gasteiger partial charge is 0.398 e. The summed E-state index contributed by atoms with van der Waals surface area (Å²) >= 11 is 1.18. The van der Waals surface area contributed by atoms with Crippen LogP contribution in [0.5, 0.6) is 0 Å². The molecule has 0 radical (unpaired) electrons. The van der Waals surface area contributed by atoms with Gasteiger partial charge in [0, 0.05) is 35.1 Å². The molecule has 0 bridgehead atoms. The van der Waals surface area contributed by atoms with Crippen LogP contribution in [-0.4, -0.2) is 24.9 Å². The molecule has 0 saturated carbocycles. The van der Waals surface area contributed by atoms with Gasteiger partial charge in [-0.05, 0) is 36.4 Å². The highest BCUT2D eigenvalue weighted by atomic mass is 32.2. The minimum absolute atomic E-state index is 0.151. The molecule has 0 fully saturated rings. The predicted molar refractivity (Wildman–Crippen MR) is 79.4 cm³/mol. The number of hydrogen-bond donors (Lipinski definition) is 1. The Balaban J connectivity index is 2.32. The number of nitrogen functional groups attached to an aromatic ring is 1. The summed E-state index contributed by atoms with van der Waals surface area (Å²) in [6.45, 7) is 0. The van der Waals surface area contributed by atoms with Gasteiger partial charge in [-0.25, -0.2) is 8.78 Å². The lowest BCUT2D eigenvalue weighted by Gasteiger charge is -2.12. The average Bonchev–Trinajstić information content (AvgIpc) is 2.44. The second kappa shape index (κ2) is 6.13. The van der Waals surface area contributed by atoms with Gasteiger partial charge in [-0.15, -0.1) is 0 Å². The van der Waals surface area contributed by atoms with Gasteiger partial charge in [0.25, 0.3) is 5.91 Å². The van der Waals surface area contributed by atoms with Gasteiger partial charge in [-0.3, -0.25) is 4.79 Å². The number of nitrogens with two attached hydrogens (primary N) is 1. The van der Waals surface area contributed by atoms with Crippen molar-refractivity contribution in [3.05, 3.63) is 53.6 Å². The molecule has 3 nitrogen and oxygen atoms in total. The Kier molecular flexibility index (Phi) is 4.47. The highest BCUT2D eigenvalue weighted by Gasteiger charge is 2.12. The molecule has 0 heterocycles. The third-order valence-corrected chi connectivity index (χ3v) is 3.85. The van der Waals surface area contributed by atoms with Crippen molar-refractivity contribution in [3.63, 3.8) is 0 Å². The lowest BCUT2D eigenvalue weighted by Crippen LogP contribution is -2.21. The van der Waals surface area contributed by atoms with Crippen molar-refractivity contribution in [1.82, 2.24) is 4.90 Å². The minimum Gasteiger partial charge on any atom is -0.398 e. The van der Waals surface area contributed by atoms with Crippen molar-refractivity contribution < 1.29 is 13.6 Å². The van der Waals surface area contributed by atoms with Crippen LogP contribution in [0.4, 0.5) is 14.5 Å². The standard InChI is InChI=1S/C15H14F2N2OS/c1-19(2)15(20)9-3-6-13(18)14(7-9)21-10-4-5-11(16)12(17)8-10/h3-8H,18H2,1-2H3. The third kappa shape index (κ3) is 3.52. The van der Waals surface area contributed by atoms with Crippen molar-refractivity contribution in [2.45, 2.75) is 9.79 Å². The molecular weight excluding hydrogens is 294 g/mol. The lowest BCUT2D eigenvalue weighted by molar-refractivity contribution is 0.0827. The SMILES string of the molecule is CN(C)C(=O)c1ccc(N)c(Sc2ccc(F)c(F)c2)c1. The number of carbonyl (C=O) groups is 1. The molecule has 21 heavy (non-hydrogen) atoms. The molecule has 2 aromatic carbocycles. The zero-order chi connectivity index (χ0) is 15.6. The number of amides is 1. The molecule has 0 unspecified atom stereocenters. The Morgan fingerprint density at radius 3 is 2.43 bits per heavy atom. The number of anilines is 1.